The molecule has 1 amide bonds. The Morgan fingerprint density at radius 3 is 2.68 bits per heavy atom. The molecule has 1 aromatic carbocycles. The summed E-state index contributed by atoms with van der Waals surface area (Å²) in [6, 6.07) is 16.7. The summed E-state index contributed by atoms with van der Waals surface area (Å²) in [6.45, 7) is 0.439. The van der Waals surface area contributed by atoms with Crippen molar-refractivity contribution in [2.45, 2.75) is 6.54 Å². The number of nitrogens with zero attached hydrogens (tertiary/aromatic N) is 2. The first-order valence-corrected chi connectivity index (χ1v) is 7.92. The molecule has 4 aromatic rings. The SMILES string of the molecule is O=C(NCc1ccncc1)c1cc(-c2ccco2)nc2ccccc12. The van der Waals surface area contributed by atoms with Gasteiger partial charge in [-0.15, -0.1) is 0 Å². The molecule has 3 heterocycles. The van der Waals surface area contributed by atoms with Crippen LogP contribution in [0.3, 0.4) is 0 Å². The molecule has 4 rings (SSSR count). The van der Waals surface area contributed by atoms with Gasteiger partial charge in [0, 0.05) is 24.3 Å². The summed E-state index contributed by atoms with van der Waals surface area (Å²) in [5.74, 6) is 0.483. The molecule has 5 nitrogen and oxygen atoms in total. The first kappa shape index (κ1) is 15.1. The van der Waals surface area contributed by atoms with Crippen molar-refractivity contribution in [3.63, 3.8) is 0 Å². The zero-order chi connectivity index (χ0) is 17.1. The number of furan rings is 1. The van der Waals surface area contributed by atoms with E-state index >= 15 is 0 Å². The van der Waals surface area contributed by atoms with Crippen molar-refractivity contribution in [1.29, 1.82) is 0 Å². The Bertz CT molecular complexity index is 1010. The van der Waals surface area contributed by atoms with Crippen LogP contribution in [0, 0.1) is 0 Å². The first-order valence-electron chi connectivity index (χ1n) is 7.92. The molecule has 0 spiro atoms. The van der Waals surface area contributed by atoms with Gasteiger partial charge >= 0.3 is 0 Å². The molecule has 3 aromatic heterocycles. The summed E-state index contributed by atoms with van der Waals surface area (Å²) >= 11 is 0. The second kappa shape index (κ2) is 6.57. The largest absolute Gasteiger partial charge is 0.463 e. The molecule has 25 heavy (non-hydrogen) atoms. The Hall–Kier alpha value is -3.47. The number of fused-ring (bicyclic) bond motifs is 1. The van der Waals surface area contributed by atoms with Crippen molar-refractivity contribution in [2.24, 2.45) is 0 Å². The number of pyridine rings is 2. The number of benzene rings is 1. The summed E-state index contributed by atoms with van der Waals surface area (Å²) < 4.78 is 5.43. The van der Waals surface area contributed by atoms with E-state index in [1.807, 2.05) is 42.5 Å². The predicted octanol–water partition coefficient (Wildman–Crippen LogP) is 3.82. The highest BCUT2D eigenvalue weighted by molar-refractivity contribution is 6.07. The third kappa shape index (κ3) is 3.12. The molecule has 0 fully saturated rings. The van der Waals surface area contributed by atoms with Crippen LogP contribution in [0.4, 0.5) is 0 Å². The first-order chi connectivity index (χ1) is 12.3. The van der Waals surface area contributed by atoms with Crippen molar-refractivity contribution in [3.8, 4) is 11.5 Å². The van der Waals surface area contributed by atoms with Gasteiger partial charge in [0.25, 0.3) is 5.91 Å². The number of carbonyl (C=O) groups is 1. The molecule has 1 N–H and O–H groups in total. The van der Waals surface area contributed by atoms with Crippen molar-refractivity contribution in [2.75, 3.05) is 0 Å². The molecule has 0 bridgehead atoms. The van der Waals surface area contributed by atoms with Gasteiger partial charge in [-0.2, -0.15) is 0 Å². The summed E-state index contributed by atoms with van der Waals surface area (Å²) in [5, 5.41) is 3.77. The van der Waals surface area contributed by atoms with Crippen molar-refractivity contribution >= 4 is 16.8 Å². The maximum atomic E-state index is 12.8. The predicted molar refractivity (Wildman–Crippen MR) is 94.9 cm³/mol. The van der Waals surface area contributed by atoms with Gasteiger partial charge in [-0.1, -0.05) is 18.2 Å². The van der Waals surface area contributed by atoms with Crippen molar-refractivity contribution < 1.29 is 9.21 Å². The minimum Gasteiger partial charge on any atom is -0.463 e. The zero-order valence-corrected chi connectivity index (χ0v) is 13.3. The van der Waals surface area contributed by atoms with E-state index < -0.39 is 0 Å². The number of carbonyl (C=O) groups excluding carboxylic acids is 1. The van der Waals surface area contributed by atoms with Crippen LogP contribution in [-0.2, 0) is 6.54 Å². The molecule has 0 aliphatic heterocycles. The van der Waals surface area contributed by atoms with Gasteiger partial charge in [-0.25, -0.2) is 4.98 Å². The third-order valence-electron chi connectivity index (χ3n) is 3.94. The highest BCUT2D eigenvalue weighted by atomic mass is 16.3. The molecule has 0 radical (unpaired) electrons. The van der Waals surface area contributed by atoms with Crippen molar-refractivity contribution in [3.05, 3.63) is 84.4 Å². The molecule has 5 heteroatoms. The van der Waals surface area contributed by atoms with Gasteiger partial charge in [0.05, 0.1) is 17.3 Å². The van der Waals surface area contributed by atoms with E-state index in [9.17, 15) is 4.79 Å². The number of para-hydroxylation sites is 1. The van der Waals surface area contributed by atoms with Gasteiger partial charge in [0.15, 0.2) is 5.76 Å². The van der Waals surface area contributed by atoms with Gasteiger partial charge in [0.1, 0.15) is 5.69 Å². The number of aromatic nitrogens is 2. The maximum absolute atomic E-state index is 12.8. The summed E-state index contributed by atoms with van der Waals surface area (Å²) in [7, 11) is 0. The molecule has 0 atom stereocenters. The fourth-order valence-corrected chi connectivity index (χ4v) is 2.69. The van der Waals surface area contributed by atoms with E-state index in [-0.39, 0.29) is 5.91 Å². The minimum absolute atomic E-state index is 0.150. The number of nitrogens with one attached hydrogen (secondary N) is 1. The van der Waals surface area contributed by atoms with Crippen LogP contribution in [0.25, 0.3) is 22.4 Å². The van der Waals surface area contributed by atoms with E-state index in [1.165, 1.54) is 0 Å². The lowest BCUT2D eigenvalue weighted by Crippen LogP contribution is -2.23. The monoisotopic (exact) mass is 329 g/mol. The van der Waals surface area contributed by atoms with Gasteiger partial charge in [0.2, 0.25) is 0 Å². The van der Waals surface area contributed by atoms with E-state index in [1.54, 1.807) is 30.8 Å². The molecule has 0 unspecified atom stereocenters. The lowest BCUT2D eigenvalue weighted by Gasteiger charge is -2.10. The fraction of sp³-hybridized carbons (Fsp3) is 0.0500. The standard InChI is InChI=1S/C20H15N3O2/c24-20(22-13-14-7-9-21-10-8-14)16-12-18(19-6-3-11-25-19)23-17-5-2-1-4-15(16)17/h1-12H,13H2,(H,22,24). The van der Waals surface area contributed by atoms with Gasteiger partial charge < -0.3 is 9.73 Å². The zero-order valence-electron chi connectivity index (χ0n) is 13.3. The summed E-state index contributed by atoms with van der Waals surface area (Å²) in [5.41, 5.74) is 2.96. The topological polar surface area (TPSA) is 68.0 Å². The van der Waals surface area contributed by atoms with Crippen LogP contribution in [0.1, 0.15) is 15.9 Å². The van der Waals surface area contributed by atoms with Gasteiger partial charge in [-0.05, 0) is 42.0 Å². The lowest BCUT2D eigenvalue weighted by atomic mass is 10.1. The minimum atomic E-state index is -0.150. The van der Waals surface area contributed by atoms with Crippen LogP contribution in [-0.4, -0.2) is 15.9 Å². The van der Waals surface area contributed by atoms with E-state index in [4.69, 9.17) is 4.42 Å². The molecule has 0 aliphatic carbocycles. The second-order valence-corrected chi connectivity index (χ2v) is 5.59. The highest BCUT2D eigenvalue weighted by Gasteiger charge is 2.14. The molecular weight excluding hydrogens is 314 g/mol. The molecular formula is C20H15N3O2. The van der Waals surface area contributed by atoms with Crippen LogP contribution in [0.2, 0.25) is 0 Å². The van der Waals surface area contributed by atoms with E-state index in [0.717, 1.165) is 16.5 Å². The van der Waals surface area contributed by atoms with Crippen molar-refractivity contribution in [1.82, 2.24) is 15.3 Å². The average Bonchev–Trinajstić information content (AvgIpc) is 3.21. The molecule has 0 saturated carbocycles. The molecule has 122 valence electrons. The number of amides is 1. The summed E-state index contributed by atoms with van der Waals surface area (Å²) in [4.78, 5) is 21.3. The Morgan fingerprint density at radius 2 is 1.88 bits per heavy atom. The van der Waals surface area contributed by atoms with Crippen LogP contribution in [0.15, 0.2) is 77.7 Å². The van der Waals surface area contributed by atoms with E-state index in [0.29, 0.717) is 23.6 Å². The third-order valence-corrected chi connectivity index (χ3v) is 3.94. The second-order valence-electron chi connectivity index (χ2n) is 5.59. The quantitative estimate of drug-likeness (QED) is 0.618. The number of hydrogen-bond donors (Lipinski definition) is 1. The number of rotatable bonds is 4. The smallest absolute Gasteiger partial charge is 0.252 e. The normalized spacial score (nSPS) is 10.7. The van der Waals surface area contributed by atoms with Crippen LogP contribution < -0.4 is 5.32 Å². The van der Waals surface area contributed by atoms with E-state index in [2.05, 4.69) is 15.3 Å². The highest BCUT2D eigenvalue weighted by Crippen LogP contribution is 2.25. The summed E-state index contributed by atoms with van der Waals surface area (Å²) in [6.07, 6.45) is 5.01. The number of hydrogen-bond acceptors (Lipinski definition) is 4. The Labute approximate surface area is 144 Å². The van der Waals surface area contributed by atoms with Crippen LogP contribution in [0.5, 0.6) is 0 Å². The maximum Gasteiger partial charge on any atom is 0.252 e. The Kier molecular flexibility index (Phi) is 3.96. The fourth-order valence-electron chi connectivity index (χ4n) is 2.69. The molecule has 0 aliphatic rings. The van der Waals surface area contributed by atoms with Gasteiger partial charge in [-0.3, -0.25) is 9.78 Å². The lowest BCUT2D eigenvalue weighted by molar-refractivity contribution is 0.0952. The van der Waals surface area contributed by atoms with Crippen LogP contribution >= 0.6 is 0 Å². The Morgan fingerprint density at radius 1 is 1.04 bits per heavy atom. The molecule has 0 saturated heterocycles. The average molecular weight is 329 g/mol. The Balaban J connectivity index is 1.71.